The summed E-state index contributed by atoms with van der Waals surface area (Å²) in [5, 5.41) is 3.34. The van der Waals surface area contributed by atoms with Gasteiger partial charge in [-0.1, -0.05) is 11.6 Å². The van der Waals surface area contributed by atoms with E-state index in [0.29, 0.717) is 17.1 Å². The fourth-order valence-electron chi connectivity index (χ4n) is 2.44. The van der Waals surface area contributed by atoms with Gasteiger partial charge in [0.15, 0.2) is 11.5 Å². The number of benzene rings is 1. The Morgan fingerprint density at radius 1 is 1.28 bits per heavy atom. The molecule has 0 atom stereocenters. The fourth-order valence-corrected chi connectivity index (χ4v) is 2.64. The number of methoxy groups -OCH3 is 2. The molecule has 1 fully saturated rings. The molecule has 0 aliphatic carbocycles. The summed E-state index contributed by atoms with van der Waals surface area (Å²) in [5.41, 5.74) is 0.545. The van der Waals surface area contributed by atoms with Crippen molar-refractivity contribution in [3.05, 3.63) is 22.5 Å². The van der Waals surface area contributed by atoms with E-state index in [2.05, 4.69) is 5.32 Å². The SMILES string of the molecule is COc1cc(Cl)c(F)c(C2CCNCC2)c1OC. The van der Waals surface area contributed by atoms with Crippen molar-refractivity contribution in [3.63, 3.8) is 0 Å². The van der Waals surface area contributed by atoms with Gasteiger partial charge < -0.3 is 14.8 Å². The number of ether oxygens (including phenoxy) is 2. The molecule has 1 aliphatic heterocycles. The molecule has 0 aromatic heterocycles. The number of hydrogen-bond acceptors (Lipinski definition) is 3. The van der Waals surface area contributed by atoms with E-state index in [-0.39, 0.29) is 16.8 Å². The second-order valence-electron chi connectivity index (χ2n) is 4.35. The Bertz CT molecular complexity index is 433. The van der Waals surface area contributed by atoms with Crippen molar-refractivity contribution < 1.29 is 13.9 Å². The van der Waals surface area contributed by atoms with Crippen LogP contribution in [0.25, 0.3) is 0 Å². The highest BCUT2D eigenvalue weighted by molar-refractivity contribution is 6.31. The molecule has 0 bridgehead atoms. The maximum absolute atomic E-state index is 14.3. The van der Waals surface area contributed by atoms with Crippen LogP contribution in [0.3, 0.4) is 0 Å². The topological polar surface area (TPSA) is 30.5 Å². The molecular weight excluding hydrogens is 257 g/mol. The molecule has 1 aromatic rings. The number of rotatable bonds is 3. The first-order valence-corrected chi connectivity index (χ1v) is 6.37. The molecule has 1 N–H and O–H groups in total. The molecule has 1 saturated heterocycles. The molecule has 1 aromatic carbocycles. The minimum absolute atomic E-state index is 0.0844. The van der Waals surface area contributed by atoms with Gasteiger partial charge in [0.25, 0.3) is 0 Å². The maximum Gasteiger partial charge on any atom is 0.167 e. The first-order chi connectivity index (χ1) is 8.69. The van der Waals surface area contributed by atoms with Gasteiger partial charge >= 0.3 is 0 Å². The predicted octanol–water partition coefficient (Wildman–Crippen LogP) is 2.96. The van der Waals surface area contributed by atoms with Gasteiger partial charge in [-0.2, -0.15) is 0 Å². The third kappa shape index (κ3) is 2.40. The van der Waals surface area contributed by atoms with Crippen molar-refractivity contribution in [3.8, 4) is 11.5 Å². The molecule has 1 heterocycles. The quantitative estimate of drug-likeness (QED) is 0.918. The summed E-state index contributed by atoms with van der Waals surface area (Å²) in [6, 6.07) is 1.46. The van der Waals surface area contributed by atoms with Crippen molar-refractivity contribution in [1.29, 1.82) is 0 Å². The Balaban J connectivity index is 2.51. The third-order valence-corrected chi connectivity index (χ3v) is 3.62. The second-order valence-corrected chi connectivity index (χ2v) is 4.75. The summed E-state index contributed by atoms with van der Waals surface area (Å²) >= 11 is 5.92. The lowest BCUT2D eigenvalue weighted by Crippen LogP contribution is -2.27. The van der Waals surface area contributed by atoms with Gasteiger partial charge in [0, 0.05) is 11.6 Å². The Morgan fingerprint density at radius 3 is 2.50 bits per heavy atom. The molecule has 5 heteroatoms. The Morgan fingerprint density at radius 2 is 1.94 bits per heavy atom. The average Bonchev–Trinajstić information content (AvgIpc) is 2.42. The van der Waals surface area contributed by atoms with Crippen molar-refractivity contribution >= 4 is 11.6 Å². The van der Waals surface area contributed by atoms with E-state index in [1.54, 1.807) is 0 Å². The van der Waals surface area contributed by atoms with Crippen LogP contribution in [0.1, 0.15) is 24.3 Å². The third-order valence-electron chi connectivity index (χ3n) is 3.34. The zero-order valence-electron chi connectivity index (χ0n) is 10.6. The molecule has 0 amide bonds. The van der Waals surface area contributed by atoms with Crippen molar-refractivity contribution in [2.24, 2.45) is 0 Å². The van der Waals surface area contributed by atoms with Crippen LogP contribution in [-0.2, 0) is 0 Å². The van der Waals surface area contributed by atoms with E-state index in [9.17, 15) is 4.39 Å². The summed E-state index contributed by atoms with van der Waals surface area (Å²) in [7, 11) is 3.05. The average molecular weight is 274 g/mol. The highest BCUT2D eigenvalue weighted by Gasteiger charge is 2.27. The lowest BCUT2D eigenvalue weighted by molar-refractivity contribution is 0.338. The molecule has 0 saturated carbocycles. The number of halogens is 2. The highest BCUT2D eigenvalue weighted by atomic mass is 35.5. The van der Waals surface area contributed by atoms with Gasteiger partial charge in [0.2, 0.25) is 0 Å². The monoisotopic (exact) mass is 273 g/mol. The first kappa shape index (κ1) is 13.4. The standard InChI is InChI=1S/C13H17ClFNO2/c1-17-10-7-9(14)12(15)11(13(10)18-2)8-3-5-16-6-4-8/h7-8,16H,3-6H2,1-2H3. The predicted molar refractivity (Wildman–Crippen MR) is 69.4 cm³/mol. The van der Waals surface area contributed by atoms with E-state index in [0.717, 1.165) is 25.9 Å². The lowest BCUT2D eigenvalue weighted by Gasteiger charge is -2.26. The molecule has 0 spiro atoms. The van der Waals surface area contributed by atoms with Gasteiger partial charge in [-0.3, -0.25) is 0 Å². The van der Waals surface area contributed by atoms with Crippen LogP contribution in [0, 0.1) is 5.82 Å². The normalized spacial score (nSPS) is 16.7. The Hall–Kier alpha value is -1.00. The van der Waals surface area contributed by atoms with Crippen molar-refractivity contribution in [2.45, 2.75) is 18.8 Å². The summed E-state index contributed by atoms with van der Waals surface area (Å²) in [6.45, 7) is 1.75. The molecule has 3 nitrogen and oxygen atoms in total. The van der Waals surface area contributed by atoms with E-state index >= 15 is 0 Å². The maximum atomic E-state index is 14.3. The van der Waals surface area contributed by atoms with Gasteiger partial charge in [-0.15, -0.1) is 0 Å². The zero-order chi connectivity index (χ0) is 13.1. The molecular formula is C13H17ClFNO2. The first-order valence-electron chi connectivity index (χ1n) is 5.99. The molecule has 0 unspecified atom stereocenters. The fraction of sp³-hybridized carbons (Fsp3) is 0.538. The smallest absolute Gasteiger partial charge is 0.167 e. The van der Waals surface area contributed by atoms with E-state index in [4.69, 9.17) is 21.1 Å². The van der Waals surface area contributed by atoms with Crippen LogP contribution in [0.2, 0.25) is 5.02 Å². The van der Waals surface area contributed by atoms with E-state index < -0.39 is 0 Å². The Labute approximate surface area is 111 Å². The minimum atomic E-state index is -0.388. The largest absolute Gasteiger partial charge is 0.493 e. The van der Waals surface area contributed by atoms with Crippen LogP contribution < -0.4 is 14.8 Å². The molecule has 100 valence electrons. The molecule has 1 aliphatic rings. The van der Waals surface area contributed by atoms with Crippen molar-refractivity contribution in [2.75, 3.05) is 27.3 Å². The number of hydrogen-bond donors (Lipinski definition) is 1. The van der Waals surface area contributed by atoms with Crippen LogP contribution in [0.4, 0.5) is 4.39 Å². The zero-order valence-corrected chi connectivity index (χ0v) is 11.3. The summed E-state index contributed by atoms with van der Waals surface area (Å²) < 4.78 is 24.8. The number of piperidine rings is 1. The molecule has 2 rings (SSSR count). The van der Waals surface area contributed by atoms with Gasteiger partial charge in [0.05, 0.1) is 19.2 Å². The van der Waals surface area contributed by atoms with Crippen molar-refractivity contribution in [1.82, 2.24) is 5.32 Å². The summed E-state index contributed by atoms with van der Waals surface area (Å²) in [6.07, 6.45) is 1.74. The minimum Gasteiger partial charge on any atom is -0.493 e. The summed E-state index contributed by atoms with van der Waals surface area (Å²) in [4.78, 5) is 0. The van der Waals surface area contributed by atoms with Gasteiger partial charge in [0.1, 0.15) is 5.82 Å². The molecule has 18 heavy (non-hydrogen) atoms. The van der Waals surface area contributed by atoms with Crippen LogP contribution >= 0.6 is 11.6 Å². The van der Waals surface area contributed by atoms with Crippen LogP contribution in [-0.4, -0.2) is 27.3 Å². The lowest BCUT2D eigenvalue weighted by atomic mass is 9.89. The highest BCUT2D eigenvalue weighted by Crippen LogP contribution is 2.43. The van der Waals surface area contributed by atoms with Gasteiger partial charge in [-0.25, -0.2) is 4.39 Å². The van der Waals surface area contributed by atoms with Crippen LogP contribution in [0.5, 0.6) is 11.5 Å². The molecule has 0 radical (unpaired) electrons. The van der Waals surface area contributed by atoms with Crippen LogP contribution in [0.15, 0.2) is 6.07 Å². The van der Waals surface area contributed by atoms with E-state index in [1.165, 1.54) is 20.3 Å². The van der Waals surface area contributed by atoms with E-state index in [1.807, 2.05) is 0 Å². The Kier molecular flexibility index (Phi) is 4.30. The summed E-state index contributed by atoms with van der Waals surface area (Å²) in [5.74, 6) is 0.679. The second kappa shape index (κ2) is 5.76. The van der Waals surface area contributed by atoms with Gasteiger partial charge in [-0.05, 0) is 31.8 Å². The number of nitrogens with one attached hydrogen (secondary N) is 1.